The van der Waals surface area contributed by atoms with Gasteiger partial charge in [0.1, 0.15) is 9.39 Å². The summed E-state index contributed by atoms with van der Waals surface area (Å²) < 4.78 is 62.1. The van der Waals surface area contributed by atoms with Crippen LogP contribution in [0.4, 0.5) is 22.0 Å². The molecule has 18 heavy (non-hydrogen) atoms. The molecule has 0 atom stereocenters. The van der Waals surface area contributed by atoms with Crippen LogP contribution < -0.4 is 0 Å². The lowest BCUT2D eigenvalue weighted by atomic mass is 10.1. The predicted molar refractivity (Wildman–Crippen MR) is 58.3 cm³/mol. The summed E-state index contributed by atoms with van der Waals surface area (Å²) in [5, 5.41) is 8.50. The lowest BCUT2D eigenvalue weighted by Crippen LogP contribution is -2.16. The normalized spacial score (nSPS) is 11.9. The minimum Gasteiger partial charge on any atom is -0.481 e. The molecule has 1 aromatic heterocycles. The summed E-state index contributed by atoms with van der Waals surface area (Å²) in [6.07, 6.45) is -8.89. The van der Waals surface area contributed by atoms with Gasteiger partial charge in [0.05, 0.1) is 12.0 Å². The Kier molecular flexibility index (Phi) is 4.46. The van der Waals surface area contributed by atoms with Gasteiger partial charge in [-0.3, -0.25) is 4.79 Å². The molecule has 0 unspecified atom stereocenters. The van der Waals surface area contributed by atoms with E-state index in [9.17, 15) is 26.7 Å². The van der Waals surface area contributed by atoms with Gasteiger partial charge in [-0.25, -0.2) is 13.8 Å². The van der Waals surface area contributed by atoms with E-state index in [4.69, 9.17) is 5.11 Å². The third-order valence-electron chi connectivity index (χ3n) is 1.93. The highest BCUT2D eigenvalue weighted by atomic mass is 127. The Labute approximate surface area is 111 Å². The Balaban J connectivity index is 3.44. The molecule has 0 saturated heterocycles. The van der Waals surface area contributed by atoms with Crippen LogP contribution in [0, 0.1) is 3.70 Å². The second kappa shape index (κ2) is 5.33. The minimum absolute atomic E-state index is 0.476. The van der Waals surface area contributed by atoms with Gasteiger partial charge in [0, 0.05) is 0 Å². The van der Waals surface area contributed by atoms with Gasteiger partial charge in [-0.2, -0.15) is 13.2 Å². The van der Waals surface area contributed by atoms with Crippen LogP contribution in [0.15, 0.2) is 6.07 Å². The van der Waals surface area contributed by atoms with Gasteiger partial charge in [-0.15, -0.1) is 0 Å². The zero-order valence-electron chi connectivity index (χ0n) is 8.43. The molecule has 0 aliphatic rings. The Morgan fingerprint density at radius 3 is 2.39 bits per heavy atom. The minimum atomic E-state index is -4.84. The Bertz CT molecular complexity index is 475. The molecule has 1 rings (SSSR count). The van der Waals surface area contributed by atoms with E-state index in [1.807, 2.05) is 0 Å². The van der Waals surface area contributed by atoms with Crippen molar-refractivity contribution in [3.05, 3.63) is 26.6 Å². The fourth-order valence-electron chi connectivity index (χ4n) is 1.30. The van der Waals surface area contributed by atoms with Gasteiger partial charge < -0.3 is 5.11 Å². The van der Waals surface area contributed by atoms with Gasteiger partial charge in [0.15, 0.2) is 0 Å². The molecule has 1 heterocycles. The van der Waals surface area contributed by atoms with Gasteiger partial charge in [-0.1, -0.05) is 0 Å². The molecule has 0 fully saturated rings. The van der Waals surface area contributed by atoms with E-state index in [1.165, 1.54) is 0 Å². The molecule has 1 aromatic rings. The van der Waals surface area contributed by atoms with Crippen molar-refractivity contribution in [2.75, 3.05) is 0 Å². The monoisotopic (exact) mass is 381 g/mol. The van der Waals surface area contributed by atoms with Crippen molar-refractivity contribution in [2.45, 2.75) is 19.0 Å². The van der Waals surface area contributed by atoms with Crippen molar-refractivity contribution in [1.29, 1.82) is 0 Å². The first kappa shape index (κ1) is 15.1. The standard InChI is InChI=1S/C9H5F5INO2/c10-7(11)4-1-3(2-5(17)18)6(8(15)16-4)9(12,13)14/h1,7H,2H2,(H,17,18). The second-order valence-corrected chi connectivity index (χ2v) is 4.26. The number of aromatic nitrogens is 1. The molecule has 1 N–H and O–H groups in total. The van der Waals surface area contributed by atoms with E-state index in [1.54, 1.807) is 0 Å². The average Bonchev–Trinajstić information content (AvgIpc) is 2.12. The van der Waals surface area contributed by atoms with Crippen molar-refractivity contribution in [1.82, 2.24) is 4.98 Å². The molecule has 0 aliphatic heterocycles. The van der Waals surface area contributed by atoms with E-state index < -0.39 is 45.5 Å². The van der Waals surface area contributed by atoms with Gasteiger partial charge >= 0.3 is 12.1 Å². The van der Waals surface area contributed by atoms with Crippen LogP contribution in [0.1, 0.15) is 23.2 Å². The van der Waals surface area contributed by atoms with Crippen molar-refractivity contribution < 1.29 is 31.9 Å². The largest absolute Gasteiger partial charge is 0.481 e. The second-order valence-electron chi connectivity index (χ2n) is 3.24. The molecule has 0 amide bonds. The highest BCUT2D eigenvalue weighted by Crippen LogP contribution is 2.36. The number of rotatable bonds is 3. The van der Waals surface area contributed by atoms with Crippen LogP contribution in [0.25, 0.3) is 0 Å². The molecule has 3 nitrogen and oxygen atoms in total. The smallest absolute Gasteiger partial charge is 0.419 e. The summed E-state index contributed by atoms with van der Waals surface area (Å²) in [6, 6.07) is 0.476. The fourth-order valence-corrected chi connectivity index (χ4v) is 2.23. The number of hydrogen-bond acceptors (Lipinski definition) is 2. The summed E-state index contributed by atoms with van der Waals surface area (Å²) in [6.45, 7) is 0. The van der Waals surface area contributed by atoms with E-state index in [0.717, 1.165) is 22.6 Å². The Morgan fingerprint density at radius 2 is 2.00 bits per heavy atom. The van der Waals surface area contributed by atoms with Crippen molar-refractivity contribution >= 4 is 28.6 Å². The van der Waals surface area contributed by atoms with Crippen LogP contribution in [-0.4, -0.2) is 16.1 Å². The predicted octanol–water partition coefficient (Wildman–Crippen LogP) is 3.27. The lowest BCUT2D eigenvalue weighted by molar-refractivity contribution is -0.140. The number of hydrogen-bond donors (Lipinski definition) is 1. The molecule has 0 aromatic carbocycles. The molecule has 9 heteroatoms. The molecule has 0 saturated carbocycles. The van der Waals surface area contributed by atoms with Crippen molar-refractivity contribution in [3.63, 3.8) is 0 Å². The van der Waals surface area contributed by atoms with Gasteiger partial charge in [0.2, 0.25) is 0 Å². The fraction of sp³-hybridized carbons (Fsp3) is 0.333. The van der Waals surface area contributed by atoms with E-state index in [2.05, 4.69) is 4.98 Å². The lowest BCUT2D eigenvalue weighted by Gasteiger charge is -2.14. The van der Waals surface area contributed by atoms with Crippen LogP contribution in [-0.2, 0) is 17.4 Å². The maximum Gasteiger partial charge on any atom is 0.419 e. The number of nitrogens with zero attached hydrogens (tertiary/aromatic N) is 1. The number of aliphatic carboxylic acids is 1. The Hall–Kier alpha value is -1.00. The summed E-state index contributed by atoms with van der Waals surface area (Å²) in [5.74, 6) is -1.54. The molecular weight excluding hydrogens is 376 g/mol. The van der Waals surface area contributed by atoms with Crippen LogP contribution in [0.3, 0.4) is 0 Å². The first-order valence-corrected chi connectivity index (χ1v) is 5.47. The molecule has 0 bridgehead atoms. The number of pyridine rings is 1. The maximum absolute atomic E-state index is 12.7. The molecule has 0 radical (unpaired) electrons. The quantitative estimate of drug-likeness (QED) is 0.497. The zero-order chi connectivity index (χ0) is 14.1. The van der Waals surface area contributed by atoms with E-state index in [-0.39, 0.29) is 0 Å². The maximum atomic E-state index is 12.7. The third kappa shape index (κ3) is 3.50. The number of halogens is 6. The van der Waals surface area contributed by atoms with Crippen molar-refractivity contribution in [3.8, 4) is 0 Å². The topological polar surface area (TPSA) is 50.2 Å². The van der Waals surface area contributed by atoms with Crippen LogP contribution in [0.5, 0.6) is 0 Å². The van der Waals surface area contributed by atoms with Gasteiger partial charge in [0.25, 0.3) is 6.43 Å². The van der Waals surface area contributed by atoms with Gasteiger partial charge in [-0.05, 0) is 34.2 Å². The highest BCUT2D eigenvalue weighted by Gasteiger charge is 2.37. The summed E-state index contributed by atoms with van der Waals surface area (Å²) in [4.78, 5) is 13.6. The van der Waals surface area contributed by atoms with Crippen molar-refractivity contribution in [2.24, 2.45) is 0 Å². The molecule has 0 aliphatic carbocycles. The first-order chi connectivity index (χ1) is 8.12. The van der Waals surface area contributed by atoms with E-state index >= 15 is 0 Å². The summed E-state index contributed by atoms with van der Waals surface area (Å²) >= 11 is 1.16. The third-order valence-corrected chi connectivity index (χ3v) is 2.71. The molecule has 100 valence electrons. The van der Waals surface area contributed by atoms with Crippen LogP contribution in [0.2, 0.25) is 0 Å². The number of alkyl halides is 5. The Morgan fingerprint density at radius 1 is 1.44 bits per heavy atom. The number of carboxylic acids is 1. The average molecular weight is 381 g/mol. The number of carboxylic acid groups (broad SMARTS) is 1. The first-order valence-electron chi connectivity index (χ1n) is 4.39. The van der Waals surface area contributed by atoms with Crippen LogP contribution >= 0.6 is 22.6 Å². The SMILES string of the molecule is O=C(O)Cc1cc(C(F)F)nc(I)c1C(F)(F)F. The summed E-state index contributed by atoms with van der Waals surface area (Å²) in [5.41, 5.74) is -2.87. The molecular formula is C9H5F5INO2. The number of carbonyl (C=O) groups is 1. The summed E-state index contributed by atoms with van der Waals surface area (Å²) in [7, 11) is 0. The van der Waals surface area contributed by atoms with E-state index in [0.29, 0.717) is 6.07 Å². The molecule has 0 spiro atoms. The zero-order valence-corrected chi connectivity index (χ0v) is 10.6. The highest BCUT2D eigenvalue weighted by molar-refractivity contribution is 14.1.